The topological polar surface area (TPSA) is 136 Å². The number of amides is 2. The summed E-state index contributed by atoms with van der Waals surface area (Å²) in [6, 6.07) is 8.89. The molecule has 1 aliphatic carbocycles. The van der Waals surface area contributed by atoms with E-state index in [-0.39, 0.29) is 41.6 Å². The lowest BCUT2D eigenvalue weighted by atomic mass is 9.81. The highest BCUT2D eigenvalue weighted by Crippen LogP contribution is 2.47. The van der Waals surface area contributed by atoms with Crippen LogP contribution < -0.4 is 21.9 Å². The number of aromatic nitrogens is 2. The Morgan fingerprint density at radius 3 is 2.71 bits per heavy atom. The molecule has 2 amide bonds. The van der Waals surface area contributed by atoms with Crippen molar-refractivity contribution >= 4 is 17.5 Å². The summed E-state index contributed by atoms with van der Waals surface area (Å²) in [5.74, 6) is -0.617. The maximum absolute atomic E-state index is 14.0. The van der Waals surface area contributed by atoms with Crippen molar-refractivity contribution in [3.63, 3.8) is 0 Å². The number of hydrogen-bond donors (Lipinski definition) is 4. The Labute approximate surface area is 202 Å². The summed E-state index contributed by atoms with van der Waals surface area (Å²) in [6.45, 7) is 1.22. The Hall–Kier alpha value is -3.40. The summed E-state index contributed by atoms with van der Waals surface area (Å²) in [4.78, 5) is 56.5. The van der Waals surface area contributed by atoms with E-state index in [1.165, 1.54) is 0 Å². The number of carbonyl (C=O) groups is 2. The molecule has 1 aromatic heterocycles. The number of hydrogen-bond acceptors (Lipinski definition) is 6. The van der Waals surface area contributed by atoms with Gasteiger partial charge < -0.3 is 25.3 Å². The molecule has 10 nitrogen and oxygen atoms in total. The summed E-state index contributed by atoms with van der Waals surface area (Å²) in [5.41, 5.74) is 0.660. The van der Waals surface area contributed by atoms with Crippen LogP contribution in [0.2, 0.25) is 0 Å². The monoisotopic (exact) mass is 481 g/mol. The van der Waals surface area contributed by atoms with Gasteiger partial charge in [-0.25, -0.2) is 4.79 Å². The normalized spacial score (nSPS) is 27.5. The van der Waals surface area contributed by atoms with E-state index in [9.17, 15) is 19.2 Å². The first-order valence-electron chi connectivity index (χ1n) is 12.3. The van der Waals surface area contributed by atoms with Gasteiger partial charge in [0.2, 0.25) is 5.91 Å². The van der Waals surface area contributed by atoms with Gasteiger partial charge in [-0.15, -0.1) is 0 Å². The molecule has 1 aromatic carbocycles. The Morgan fingerprint density at radius 1 is 1.11 bits per heavy atom. The molecule has 0 radical (unpaired) electrons. The first-order chi connectivity index (χ1) is 17.0. The van der Waals surface area contributed by atoms with E-state index in [2.05, 4.69) is 26.7 Å². The molecule has 3 heterocycles. The number of rotatable bonds is 5. The van der Waals surface area contributed by atoms with Gasteiger partial charge in [-0.2, -0.15) is 0 Å². The van der Waals surface area contributed by atoms with Gasteiger partial charge in [0.25, 0.3) is 11.5 Å². The SMILES string of the molecule is COC[C@@H]1Nc2ccccc2[C@H]2[C@H]1CCN2C(=O)[C@H]1CCCC[C@H]1NC(=O)c1cc(=O)[nH]c(=O)[nH]1. The van der Waals surface area contributed by atoms with Crippen molar-refractivity contribution < 1.29 is 14.3 Å². The van der Waals surface area contributed by atoms with E-state index in [1.807, 2.05) is 23.1 Å². The molecule has 4 N–H and O–H groups in total. The zero-order valence-electron chi connectivity index (χ0n) is 19.7. The molecule has 1 saturated heterocycles. The largest absolute Gasteiger partial charge is 0.383 e. The van der Waals surface area contributed by atoms with Gasteiger partial charge >= 0.3 is 5.69 Å². The first kappa shape index (κ1) is 23.3. The molecule has 2 aliphatic heterocycles. The lowest BCUT2D eigenvalue weighted by Gasteiger charge is -2.41. The number of H-pyrrole nitrogens is 2. The van der Waals surface area contributed by atoms with E-state index in [4.69, 9.17) is 4.74 Å². The first-order valence-corrected chi connectivity index (χ1v) is 12.3. The van der Waals surface area contributed by atoms with Crippen molar-refractivity contribution in [3.8, 4) is 0 Å². The summed E-state index contributed by atoms with van der Waals surface area (Å²) in [7, 11) is 1.69. The predicted octanol–water partition coefficient (Wildman–Crippen LogP) is 1.38. The number of anilines is 1. The molecule has 1 saturated carbocycles. The van der Waals surface area contributed by atoms with Crippen LogP contribution in [0.5, 0.6) is 0 Å². The van der Waals surface area contributed by atoms with E-state index >= 15 is 0 Å². The smallest absolute Gasteiger partial charge is 0.326 e. The number of ether oxygens (including phenoxy) is 1. The summed E-state index contributed by atoms with van der Waals surface area (Å²) in [5, 5.41) is 6.52. The number of nitrogens with zero attached hydrogens (tertiary/aromatic N) is 1. The average Bonchev–Trinajstić information content (AvgIpc) is 3.29. The van der Waals surface area contributed by atoms with Gasteiger partial charge in [0, 0.05) is 37.4 Å². The standard InChI is InChI=1S/C25H31N5O5/c1-35-13-20-15-10-11-30(22(15)14-6-2-4-8-17(14)26-20)24(33)16-7-3-5-9-18(16)27-23(32)19-12-21(31)29-25(34)28-19/h2,4,6,8,12,15-16,18,20,22,26H,3,5,7,9-11,13H2,1H3,(H,27,32)(H2,28,29,31,34)/t15-,16-,18+,20-,22-/m0/s1. The van der Waals surface area contributed by atoms with E-state index < -0.39 is 17.2 Å². The van der Waals surface area contributed by atoms with Crippen LogP contribution in [0, 0.1) is 11.8 Å². The highest BCUT2D eigenvalue weighted by molar-refractivity contribution is 5.93. The van der Waals surface area contributed by atoms with Crippen molar-refractivity contribution in [2.24, 2.45) is 11.8 Å². The van der Waals surface area contributed by atoms with Crippen LogP contribution in [0.15, 0.2) is 39.9 Å². The Bertz CT molecular complexity index is 1190. The van der Waals surface area contributed by atoms with E-state index in [0.29, 0.717) is 26.0 Å². The van der Waals surface area contributed by atoms with Gasteiger partial charge in [0.1, 0.15) is 5.69 Å². The van der Waals surface area contributed by atoms with Gasteiger partial charge in [0.15, 0.2) is 0 Å². The van der Waals surface area contributed by atoms with Gasteiger partial charge in [-0.1, -0.05) is 31.0 Å². The minimum Gasteiger partial charge on any atom is -0.383 e. The molecule has 5 rings (SSSR count). The maximum atomic E-state index is 14.0. The van der Waals surface area contributed by atoms with E-state index in [1.54, 1.807) is 7.11 Å². The number of para-hydroxylation sites is 1. The van der Waals surface area contributed by atoms with Gasteiger partial charge in [-0.3, -0.25) is 19.4 Å². The molecule has 2 fully saturated rings. The van der Waals surface area contributed by atoms with Crippen molar-refractivity contribution in [3.05, 3.63) is 62.4 Å². The number of likely N-dealkylation sites (tertiary alicyclic amines) is 1. The van der Waals surface area contributed by atoms with Crippen LogP contribution >= 0.6 is 0 Å². The zero-order chi connectivity index (χ0) is 24.5. The average molecular weight is 482 g/mol. The Kier molecular flexibility index (Phi) is 6.46. The number of methoxy groups -OCH3 is 1. The number of nitrogens with one attached hydrogen (secondary N) is 4. The van der Waals surface area contributed by atoms with Crippen LogP contribution in [-0.4, -0.2) is 59.0 Å². The fourth-order valence-electron chi connectivity index (χ4n) is 6.07. The van der Waals surface area contributed by atoms with E-state index in [0.717, 1.165) is 36.6 Å². The number of fused-ring (bicyclic) bond motifs is 3. The molecule has 35 heavy (non-hydrogen) atoms. The second-order valence-corrected chi connectivity index (χ2v) is 9.69. The molecule has 2 aromatic rings. The lowest BCUT2D eigenvalue weighted by Crippen LogP contribution is -2.51. The minimum absolute atomic E-state index is 0.0394. The fourth-order valence-corrected chi connectivity index (χ4v) is 6.07. The third kappa shape index (κ3) is 4.50. The minimum atomic E-state index is -0.739. The van der Waals surface area contributed by atoms with Crippen LogP contribution in [0.3, 0.4) is 0 Å². The van der Waals surface area contributed by atoms with Gasteiger partial charge in [-0.05, 0) is 30.9 Å². The molecule has 186 valence electrons. The van der Waals surface area contributed by atoms with Crippen molar-refractivity contribution in [2.75, 3.05) is 25.6 Å². The molecule has 5 atom stereocenters. The zero-order valence-corrected chi connectivity index (χ0v) is 19.7. The molecular weight excluding hydrogens is 450 g/mol. The molecule has 0 bridgehead atoms. The summed E-state index contributed by atoms with van der Waals surface area (Å²) in [6.07, 6.45) is 4.04. The van der Waals surface area contributed by atoms with Crippen LogP contribution in [0.4, 0.5) is 5.69 Å². The number of aromatic amines is 2. The second-order valence-electron chi connectivity index (χ2n) is 9.69. The summed E-state index contributed by atoms with van der Waals surface area (Å²) >= 11 is 0. The lowest BCUT2D eigenvalue weighted by molar-refractivity contribution is -0.139. The number of carbonyl (C=O) groups excluding carboxylic acids is 2. The quantitative estimate of drug-likeness (QED) is 0.509. The number of benzene rings is 1. The molecule has 3 aliphatic rings. The highest BCUT2D eigenvalue weighted by atomic mass is 16.5. The third-order valence-corrected chi connectivity index (χ3v) is 7.62. The maximum Gasteiger partial charge on any atom is 0.326 e. The molecule has 10 heteroatoms. The van der Waals surface area contributed by atoms with Crippen molar-refractivity contribution in [2.45, 2.75) is 50.2 Å². The van der Waals surface area contributed by atoms with Crippen LogP contribution in [0.25, 0.3) is 0 Å². The summed E-state index contributed by atoms with van der Waals surface area (Å²) < 4.78 is 5.47. The predicted molar refractivity (Wildman–Crippen MR) is 129 cm³/mol. The van der Waals surface area contributed by atoms with Gasteiger partial charge in [0.05, 0.1) is 24.6 Å². The molecular formula is C25H31N5O5. The van der Waals surface area contributed by atoms with Crippen LogP contribution in [-0.2, 0) is 9.53 Å². The Morgan fingerprint density at radius 2 is 1.91 bits per heavy atom. The van der Waals surface area contributed by atoms with Crippen molar-refractivity contribution in [1.82, 2.24) is 20.2 Å². The highest BCUT2D eigenvalue weighted by Gasteiger charge is 2.48. The van der Waals surface area contributed by atoms with Crippen LogP contribution in [0.1, 0.15) is 54.2 Å². The second kappa shape index (κ2) is 9.69. The molecule has 0 unspecified atom stereocenters. The van der Waals surface area contributed by atoms with Crippen molar-refractivity contribution in [1.29, 1.82) is 0 Å². The Balaban J connectivity index is 1.39. The third-order valence-electron chi connectivity index (χ3n) is 7.62. The fraction of sp³-hybridized carbons (Fsp3) is 0.520. The molecule has 0 spiro atoms.